The number of benzene rings is 1. The molecule has 8 nitrogen and oxygen atoms in total. The summed E-state index contributed by atoms with van der Waals surface area (Å²) in [5.74, 6) is -0.979. The molecule has 0 aliphatic rings. The summed E-state index contributed by atoms with van der Waals surface area (Å²) in [6.45, 7) is 9.20. The van der Waals surface area contributed by atoms with Crippen molar-refractivity contribution in [3.8, 4) is 11.6 Å². The van der Waals surface area contributed by atoms with Crippen LogP contribution in [0.1, 0.15) is 23.0 Å². The van der Waals surface area contributed by atoms with Crippen LogP contribution in [0, 0.1) is 6.57 Å². The summed E-state index contributed by atoms with van der Waals surface area (Å²) >= 11 is 0. The second-order valence-corrected chi connectivity index (χ2v) is 6.71. The standard InChI is InChI=1S/C22H15F3N6O2/c1-3-33-21-17(26-2)10-13(11-28-21)30-20(32)15-12-29-31(19(15)22(23,24)25)18-8-4-7-16-14(18)6-5-9-27-16/h4-12H,3H2,1H3,(H,30,32). The highest BCUT2D eigenvalue weighted by Gasteiger charge is 2.41. The van der Waals surface area contributed by atoms with Gasteiger partial charge in [0.15, 0.2) is 5.69 Å². The van der Waals surface area contributed by atoms with Crippen LogP contribution >= 0.6 is 0 Å². The number of carbonyl (C=O) groups excluding carboxylic acids is 1. The molecule has 0 saturated heterocycles. The average molecular weight is 452 g/mol. The molecule has 4 rings (SSSR count). The van der Waals surface area contributed by atoms with Gasteiger partial charge in [-0.05, 0) is 37.3 Å². The van der Waals surface area contributed by atoms with E-state index in [4.69, 9.17) is 11.3 Å². The number of anilines is 1. The lowest BCUT2D eigenvalue weighted by Gasteiger charge is -2.14. The number of alkyl halides is 3. The number of carbonyl (C=O) groups is 1. The Morgan fingerprint density at radius 3 is 2.76 bits per heavy atom. The van der Waals surface area contributed by atoms with Gasteiger partial charge in [0.25, 0.3) is 5.91 Å². The zero-order valence-electron chi connectivity index (χ0n) is 17.1. The number of rotatable bonds is 5. The first-order chi connectivity index (χ1) is 15.8. The molecule has 4 aromatic rings. The minimum atomic E-state index is -4.88. The van der Waals surface area contributed by atoms with E-state index in [0.29, 0.717) is 15.6 Å². The first-order valence-electron chi connectivity index (χ1n) is 9.64. The average Bonchev–Trinajstić information content (AvgIpc) is 3.26. The molecule has 1 N–H and O–H groups in total. The Morgan fingerprint density at radius 2 is 2.03 bits per heavy atom. The molecule has 0 unspecified atom stereocenters. The van der Waals surface area contributed by atoms with Crippen LogP contribution in [-0.2, 0) is 6.18 Å². The lowest BCUT2D eigenvalue weighted by Crippen LogP contribution is -2.21. The molecule has 3 heterocycles. The molecule has 11 heteroatoms. The van der Waals surface area contributed by atoms with Crippen LogP contribution in [0.25, 0.3) is 21.4 Å². The molecule has 3 aromatic heterocycles. The van der Waals surface area contributed by atoms with Crippen molar-refractivity contribution in [3.05, 3.63) is 77.7 Å². The number of hydrogen-bond acceptors (Lipinski definition) is 5. The third-order valence-corrected chi connectivity index (χ3v) is 4.62. The van der Waals surface area contributed by atoms with Crippen molar-refractivity contribution in [2.24, 2.45) is 0 Å². The van der Waals surface area contributed by atoms with E-state index in [2.05, 4.69) is 25.2 Å². The number of nitrogens with zero attached hydrogens (tertiary/aromatic N) is 5. The Morgan fingerprint density at radius 1 is 1.21 bits per heavy atom. The van der Waals surface area contributed by atoms with Crippen molar-refractivity contribution in [3.63, 3.8) is 0 Å². The van der Waals surface area contributed by atoms with E-state index < -0.39 is 23.3 Å². The minimum absolute atomic E-state index is 0.0182. The van der Waals surface area contributed by atoms with E-state index in [0.717, 1.165) is 6.20 Å². The van der Waals surface area contributed by atoms with Gasteiger partial charge in [0.1, 0.15) is 0 Å². The SMILES string of the molecule is [C-]#[N+]c1cc(NC(=O)c2cnn(-c3cccc4ncccc34)c2C(F)(F)F)cnc1OCC. The molecule has 1 aromatic carbocycles. The fourth-order valence-electron chi connectivity index (χ4n) is 3.28. The van der Waals surface area contributed by atoms with Gasteiger partial charge in [-0.3, -0.25) is 9.78 Å². The molecule has 166 valence electrons. The monoisotopic (exact) mass is 452 g/mol. The van der Waals surface area contributed by atoms with Crippen LogP contribution < -0.4 is 10.1 Å². The van der Waals surface area contributed by atoms with Crippen LogP contribution in [0.3, 0.4) is 0 Å². The van der Waals surface area contributed by atoms with E-state index in [9.17, 15) is 18.0 Å². The first-order valence-corrected chi connectivity index (χ1v) is 9.64. The summed E-state index contributed by atoms with van der Waals surface area (Å²) in [4.78, 5) is 24.1. The van der Waals surface area contributed by atoms with Crippen molar-refractivity contribution < 1.29 is 22.7 Å². The molecular formula is C22H15F3N6O2. The highest BCUT2D eigenvalue weighted by atomic mass is 19.4. The summed E-state index contributed by atoms with van der Waals surface area (Å²) in [5.41, 5.74) is -1.24. The molecule has 0 saturated carbocycles. The minimum Gasteiger partial charge on any atom is -0.487 e. The van der Waals surface area contributed by atoms with Crippen molar-refractivity contribution in [2.75, 3.05) is 11.9 Å². The number of fused-ring (bicyclic) bond motifs is 1. The van der Waals surface area contributed by atoms with Crippen LogP contribution in [-0.4, -0.2) is 32.3 Å². The Kier molecular flexibility index (Phi) is 5.66. The molecule has 0 atom stereocenters. The number of ether oxygens (including phenoxy) is 1. The van der Waals surface area contributed by atoms with Gasteiger partial charge in [0.05, 0.1) is 42.3 Å². The highest BCUT2D eigenvalue weighted by Crippen LogP contribution is 2.35. The summed E-state index contributed by atoms with van der Waals surface area (Å²) < 4.78 is 48.1. The maximum Gasteiger partial charge on any atom is 0.434 e. The summed E-state index contributed by atoms with van der Waals surface area (Å²) in [6.07, 6.45) is -1.30. The topological polar surface area (TPSA) is 86.3 Å². The van der Waals surface area contributed by atoms with Crippen LogP contribution in [0.4, 0.5) is 24.5 Å². The lowest BCUT2D eigenvalue weighted by molar-refractivity contribution is -0.143. The zero-order valence-corrected chi connectivity index (χ0v) is 17.1. The van der Waals surface area contributed by atoms with Crippen LogP contribution in [0.5, 0.6) is 5.88 Å². The molecule has 0 fully saturated rings. The second kappa shape index (κ2) is 8.58. The van der Waals surface area contributed by atoms with Gasteiger partial charge in [0, 0.05) is 17.3 Å². The smallest absolute Gasteiger partial charge is 0.434 e. The Balaban J connectivity index is 1.76. The third-order valence-electron chi connectivity index (χ3n) is 4.62. The molecule has 33 heavy (non-hydrogen) atoms. The fourth-order valence-corrected chi connectivity index (χ4v) is 3.28. The highest BCUT2D eigenvalue weighted by molar-refractivity contribution is 6.05. The van der Waals surface area contributed by atoms with Gasteiger partial charge >= 0.3 is 6.18 Å². The van der Waals surface area contributed by atoms with Gasteiger partial charge in [-0.15, -0.1) is 0 Å². The van der Waals surface area contributed by atoms with Gasteiger partial charge in [-0.25, -0.2) is 14.5 Å². The maximum absolute atomic E-state index is 14.1. The fraction of sp³-hybridized carbons (Fsp3) is 0.136. The number of aromatic nitrogens is 4. The predicted octanol–water partition coefficient (Wildman–Crippen LogP) is 5.04. The van der Waals surface area contributed by atoms with E-state index in [1.807, 2.05) is 0 Å². The van der Waals surface area contributed by atoms with Gasteiger partial charge < -0.3 is 10.1 Å². The van der Waals surface area contributed by atoms with E-state index in [1.165, 1.54) is 24.5 Å². The number of amides is 1. The molecule has 0 aliphatic heterocycles. The summed E-state index contributed by atoms with van der Waals surface area (Å²) in [5, 5.41) is 6.66. The van der Waals surface area contributed by atoms with Crippen molar-refractivity contribution >= 4 is 28.2 Å². The number of halogens is 3. The van der Waals surface area contributed by atoms with Crippen LogP contribution in [0.15, 0.2) is 55.0 Å². The second-order valence-electron chi connectivity index (χ2n) is 6.71. The molecule has 1 amide bonds. The Labute approximate surface area is 185 Å². The van der Waals surface area contributed by atoms with E-state index in [-0.39, 0.29) is 29.5 Å². The van der Waals surface area contributed by atoms with Crippen molar-refractivity contribution in [1.29, 1.82) is 0 Å². The number of pyridine rings is 2. The van der Waals surface area contributed by atoms with E-state index in [1.54, 1.807) is 31.2 Å². The van der Waals surface area contributed by atoms with E-state index >= 15 is 0 Å². The third kappa shape index (κ3) is 4.18. The van der Waals surface area contributed by atoms with Gasteiger partial charge in [-0.1, -0.05) is 6.07 Å². The Hall–Kier alpha value is -4.46. The zero-order chi connectivity index (χ0) is 23.6. The molecule has 0 radical (unpaired) electrons. The molecular weight excluding hydrogens is 437 g/mol. The van der Waals surface area contributed by atoms with Gasteiger partial charge in [0.2, 0.25) is 11.6 Å². The largest absolute Gasteiger partial charge is 0.487 e. The van der Waals surface area contributed by atoms with Crippen molar-refractivity contribution in [1.82, 2.24) is 19.7 Å². The predicted molar refractivity (Wildman–Crippen MR) is 113 cm³/mol. The number of nitrogens with one attached hydrogen (secondary N) is 1. The molecule has 0 spiro atoms. The molecule has 0 aliphatic carbocycles. The Bertz CT molecular complexity index is 1390. The molecule has 0 bridgehead atoms. The van der Waals surface area contributed by atoms with Crippen molar-refractivity contribution in [2.45, 2.75) is 13.1 Å². The lowest BCUT2D eigenvalue weighted by atomic mass is 10.1. The first kappa shape index (κ1) is 21.8. The maximum atomic E-state index is 14.1. The normalized spacial score (nSPS) is 11.2. The quantitative estimate of drug-likeness (QED) is 0.429. The summed E-state index contributed by atoms with van der Waals surface area (Å²) in [7, 11) is 0. The summed E-state index contributed by atoms with van der Waals surface area (Å²) in [6, 6.07) is 9.19. The van der Waals surface area contributed by atoms with Gasteiger partial charge in [-0.2, -0.15) is 18.3 Å². The number of hydrogen-bond donors (Lipinski definition) is 1. The van der Waals surface area contributed by atoms with Crippen LogP contribution in [0.2, 0.25) is 0 Å².